The van der Waals surface area contributed by atoms with Gasteiger partial charge in [0.2, 0.25) is 0 Å². The highest BCUT2D eigenvalue weighted by Gasteiger charge is 2.28. The summed E-state index contributed by atoms with van der Waals surface area (Å²) in [6, 6.07) is -1.54. The van der Waals surface area contributed by atoms with Gasteiger partial charge < -0.3 is 30.3 Å². The molecule has 61 heavy (non-hydrogen) atoms. The van der Waals surface area contributed by atoms with Crippen LogP contribution in [-0.4, -0.2) is 71.1 Å². The van der Waals surface area contributed by atoms with Crippen LogP contribution in [0.25, 0.3) is 0 Å². The molecule has 0 aromatic heterocycles. The van der Waals surface area contributed by atoms with Crippen molar-refractivity contribution in [3.8, 4) is 0 Å². The zero-order valence-electron chi connectivity index (χ0n) is 37.9. The van der Waals surface area contributed by atoms with Crippen LogP contribution in [-0.2, 0) is 37.5 Å². The van der Waals surface area contributed by atoms with Crippen LogP contribution < -0.4 is 5.73 Å². The number of rotatable bonds is 43. The maximum atomic E-state index is 12.6. The summed E-state index contributed by atoms with van der Waals surface area (Å²) in [7, 11) is -4.75. The molecule has 352 valence electrons. The van der Waals surface area contributed by atoms with E-state index in [4.69, 9.17) is 24.8 Å². The van der Waals surface area contributed by atoms with E-state index in [1.807, 2.05) is 42.5 Å². The van der Waals surface area contributed by atoms with Crippen LogP contribution in [0.3, 0.4) is 0 Å². The second-order valence-electron chi connectivity index (χ2n) is 15.7. The molecule has 5 N–H and O–H groups in total. The Labute approximate surface area is 369 Å². The van der Waals surface area contributed by atoms with Gasteiger partial charge in [-0.3, -0.25) is 23.4 Å². The Morgan fingerprint density at radius 3 is 1.69 bits per heavy atom. The van der Waals surface area contributed by atoms with Crippen molar-refractivity contribution in [3.63, 3.8) is 0 Å². The van der Waals surface area contributed by atoms with Crippen molar-refractivity contribution in [1.82, 2.24) is 0 Å². The number of phosphoric acid groups is 1. The molecule has 0 fully saturated rings. The first-order valence-electron chi connectivity index (χ1n) is 23.4. The van der Waals surface area contributed by atoms with Gasteiger partial charge in [-0.2, -0.15) is 0 Å². The molecular weight excluding hydrogens is 797 g/mol. The van der Waals surface area contributed by atoms with Crippen molar-refractivity contribution in [2.45, 2.75) is 205 Å². The molecule has 0 aromatic rings. The van der Waals surface area contributed by atoms with E-state index in [9.17, 15) is 28.9 Å². The number of allylic oxidation sites excluding steroid dienone is 8. The Kier molecular flexibility index (Phi) is 40.5. The number of nitrogens with two attached hydrogens (primary N) is 1. The Hall–Kier alpha value is -2.86. The Morgan fingerprint density at radius 1 is 0.607 bits per heavy atom. The standard InChI is InChI=1S/C48H84NO11P/c1-3-5-7-9-11-12-13-14-15-16-17-18-19-20-21-22-26-30-34-38-46(51)57-40-44(41-58-61(55,56)59-42-45(49)48(53)54)60-47(52)39-35-31-27-24-23-25-29-33-37-43(50)36-32-28-10-8-6-4-2/h6,8,24-25,27-29,32-33,37,43-45,50H,3-5,7,9-23,26,30-31,34-36,38-42,49H2,1-2H3,(H,53,54)(H,55,56)/b8-6-,27-24-,29-25-,32-28-,37-33+/t43?,44-,45+/m1/s1. The van der Waals surface area contributed by atoms with Gasteiger partial charge in [0.1, 0.15) is 12.6 Å². The first-order valence-corrected chi connectivity index (χ1v) is 24.9. The van der Waals surface area contributed by atoms with Crippen molar-refractivity contribution in [2.75, 3.05) is 19.8 Å². The number of esters is 2. The van der Waals surface area contributed by atoms with E-state index < -0.39 is 57.2 Å². The van der Waals surface area contributed by atoms with Gasteiger partial charge in [-0.15, -0.1) is 0 Å². The summed E-state index contributed by atoms with van der Waals surface area (Å²) in [6.07, 6.45) is 46.1. The van der Waals surface area contributed by atoms with Gasteiger partial charge in [0.05, 0.1) is 19.3 Å². The maximum Gasteiger partial charge on any atom is 0.472 e. The number of hydrogen-bond donors (Lipinski definition) is 4. The third-order valence-corrected chi connectivity index (χ3v) is 10.8. The van der Waals surface area contributed by atoms with Gasteiger partial charge in [0, 0.05) is 12.8 Å². The number of ether oxygens (including phenoxy) is 2. The highest BCUT2D eigenvalue weighted by molar-refractivity contribution is 7.47. The average molecular weight is 882 g/mol. The van der Waals surface area contributed by atoms with Gasteiger partial charge >= 0.3 is 25.7 Å². The molecule has 0 amide bonds. The van der Waals surface area contributed by atoms with Crippen molar-refractivity contribution in [1.29, 1.82) is 0 Å². The summed E-state index contributed by atoms with van der Waals surface area (Å²) < 4.78 is 32.7. The minimum Gasteiger partial charge on any atom is -0.480 e. The molecule has 0 spiro atoms. The number of carbonyl (C=O) groups excluding carboxylic acids is 2. The Balaban J connectivity index is 4.43. The molecule has 0 rings (SSSR count). The fourth-order valence-electron chi connectivity index (χ4n) is 6.19. The first-order chi connectivity index (χ1) is 29.5. The number of phosphoric ester groups is 1. The number of aliphatic hydroxyl groups is 1. The molecule has 2 unspecified atom stereocenters. The Morgan fingerprint density at radius 2 is 1.11 bits per heavy atom. The number of hydrogen-bond acceptors (Lipinski definition) is 10. The predicted molar refractivity (Wildman–Crippen MR) is 246 cm³/mol. The molecule has 0 saturated heterocycles. The molecule has 0 heterocycles. The lowest BCUT2D eigenvalue weighted by Crippen LogP contribution is -2.34. The largest absolute Gasteiger partial charge is 0.480 e. The second-order valence-corrected chi connectivity index (χ2v) is 17.2. The smallest absolute Gasteiger partial charge is 0.472 e. The molecule has 12 nitrogen and oxygen atoms in total. The van der Waals surface area contributed by atoms with Gasteiger partial charge in [0.25, 0.3) is 0 Å². The van der Waals surface area contributed by atoms with Crippen molar-refractivity contribution < 1.29 is 52.6 Å². The number of aliphatic carboxylic acids is 1. The fraction of sp³-hybridized carbons (Fsp3) is 0.729. The Bertz CT molecular complexity index is 1280. The zero-order valence-corrected chi connectivity index (χ0v) is 38.7. The number of carboxylic acids is 1. The maximum absolute atomic E-state index is 12.6. The van der Waals surface area contributed by atoms with E-state index in [0.717, 1.165) is 32.1 Å². The van der Waals surface area contributed by atoms with Crippen LogP contribution in [0, 0.1) is 0 Å². The van der Waals surface area contributed by atoms with E-state index in [0.29, 0.717) is 32.1 Å². The molecular formula is C48H84NO11P. The van der Waals surface area contributed by atoms with Crippen molar-refractivity contribution in [2.24, 2.45) is 5.73 Å². The number of carbonyl (C=O) groups is 3. The normalized spacial score (nSPS) is 14.7. The summed E-state index contributed by atoms with van der Waals surface area (Å²) in [4.78, 5) is 46.0. The minimum absolute atomic E-state index is 0.0503. The molecule has 0 aromatic carbocycles. The molecule has 0 aliphatic rings. The van der Waals surface area contributed by atoms with Gasteiger partial charge in [-0.1, -0.05) is 190 Å². The zero-order chi connectivity index (χ0) is 45.1. The lowest BCUT2D eigenvalue weighted by atomic mass is 10.0. The van der Waals surface area contributed by atoms with Gasteiger partial charge in [0.15, 0.2) is 6.10 Å². The van der Waals surface area contributed by atoms with E-state index in [1.165, 1.54) is 96.3 Å². The third-order valence-electron chi connectivity index (χ3n) is 9.86. The minimum atomic E-state index is -4.75. The summed E-state index contributed by atoms with van der Waals surface area (Å²) in [5.74, 6) is -2.50. The van der Waals surface area contributed by atoms with Crippen molar-refractivity contribution in [3.05, 3.63) is 60.8 Å². The number of carboxylic acid groups (broad SMARTS) is 1. The van der Waals surface area contributed by atoms with Crippen LogP contribution in [0.4, 0.5) is 0 Å². The number of unbranched alkanes of at least 4 members (excludes halogenated alkanes) is 19. The van der Waals surface area contributed by atoms with Crippen LogP contribution in [0.15, 0.2) is 60.8 Å². The van der Waals surface area contributed by atoms with Crippen LogP contribution in [0.2, 0.25) is 0 Å². The first kappa shape index (κ1) is 58.1. The molecule has 0 radical (unpaired) electrons. The van der Waals surface area contributed by atoms with Crippen LogP contribution >= 0.6 is 7.82 Å². The van der Waals surface area contributed by atoms with Gasteiger partial charge in [-0.25, -0.2) is 4.57 Å². The summed E-state index contributed by atoms with van der Waals surface area (Å²) in [5.41, 5.74) is 5.33. The topological polar surface area (TPSA) is 192 Å². The second kappa shape index (κ2) is 42.4. The van der Waals surface area contributed by atoms with Crippen LogP contribution in [0.5, 0.6) is 0 Å². The molecule has 0 bridgehead atoms. The lowest BCUT2D eigenvalue weighted by Gasteiger charge is -2.20. The average Bonchev–Trinajstić information content (AvgIpc) is 3.23. The SMILES string of the molecule is CC/C=C\C/C=C\CC(O)/C=C/C=C\C/C=C\CCCC(=O)O[C@H](COC(=O)CCCCCCCCCCCCCCCCCCCCC)COP(=O)(O)OC[C@H](N)C(=O)O. The third kappa shape index (κ3) is 42.2. The predicted octanol–water partition coefficient (Wildman–Crippen LogP) is 11.7. The van der Waals surface area contributed by atoms with E-state index in [1.54, 1.807) is 6.08 Å². The highest BCUT2D eigenvalue weighted by atomic mass is 31.2. The quantitative estimate of drug-likeness (QED) is 0.0149. The fourth-order valence-corrected chi connectivity index (χ4v) is 6.96. The molecule has 4 atom stereocenters. The van der Waals surface area contributed by atoms with Crippen LogP contribution in [0.1, 0.15) is 187 Å². The van der Waals surface area contributed by atoms with Crippen molar-refractivity contribution >= 4 is 25.7 Å². The summed E-state index contributed by atoms with van der Waals surface area (Å²) in [5, 5.41) is 18.9. The van der Waals surface area contributed by atoms with E-state index in [2.05, 4.69) is 30.5 Å². The van der Waals surface area contributed by atoms with E-state index >= 15 is 0 Å². The van der Waals surface area contributed by atoms with E-state index in [-0.39, 0.29) is 19.4 Å². The number of aliphatic hydroxyl groups excluding tert-OH is 1. The van der Waals surface area contributed by atoms with Gasteiger partial charge in [-0.05, 0) is 44.9 Å². The monoisotopic (exact) mass is 882 g/mol. The molecule has 0 saturated carbocycles. The highest BCUT2D eigenvalue weighted by Crippen LogP contribution is 2.43. The molecule has 0 aliphatic carbocycles. The molecule has 13 heteroatoms. The molecule has 0 aliphatic heterocycles. The summed E-state index contributed by atoms with van der Waals surface area (Å²) in [6.45, 7) is 2.56. The lowest BCUT2D eigenvalue weighted by molar-refractivity contribution is -0.161. The summed E-state index contributed by atoms with van der Waals surface area (Å²) >= 11 is 0.